The molecule has 16 heavy (non-hydrogen) atoms. The molecule has 2 aromatic rings. The quantitative estimate of drug-likeness (QED) is 0.768. The van der Waals surface area contributed by atoms with Crippen LogP contribution in [0.2, 0.25) is 0 Å². The number of rotatable bonds is 3. The number of carbonyl (C=O) groups excluding carboxylic acids is 1. The Morgan fingerprint density at radius 2 is 2.25 bits per heavy atom. The van der Waals surface area contributed by atoms with E-state index in [1.165, 1.54) is 35.5 Å². The fourth-order valence-electron chi connectivity index (χ4n) is 1.28. The van der Waals surface area contributed by atoms with Crippen molar-refractivity contribution in [2.75, 3.05) is 0 Å². The molecule has 0 aliphatic rings. The van der Waals surface area contributed by atoms with Crippen molar-refractivity contribution in [2.24, 2.45) is 0 Å². The smallest absolute Gasteiger partial charge is 0.339 e. The molecule has 0 bridgehead atoms. The molecule has 1 N–H and O–H groups in total. The van der Waals surface area contributed by atoms with Crippen LogP contribution >= 0.6 is 0 Å². The first-order valence-electron chi connectivity index (χ1n) is 4.40. The van der Waals surface area contributed by atoms with Crippen LogP contribution in [0.1, 0.15) is 20.7 Å². The molecule has 0 aromatic carbocycles. The van der Waals surface area contributed by atoms with Gasteiger partial charge in [-0.2, -0.15) is 5.10 Å². The highest BCUT2D eigenvalue weighted by molar-refractivity contribution is 5.91. The van der Waals surface area contributed by atoms with E-state index in [4.69, 9.17) is 5.11 Å². The van der Waals surface area contributed by atoms with E-state index in [-0.39, 0.29) is 5.56 Å². The maximum absolute atomic E-state index is 10.9. The molecule has 6 heteroatoms. The number of carboxylic acid groups (broad SMARTS) is 1. The van der Waals surface area contributed by atoms with Crippen molar-refractivity contribution in [3.63, 3.8) is 0 Å². The summed E-state index contributed by atoms with van der Waals surface area (Å²) >= 11 is 0. The van der Waals surface area contributed by atoms with Crippen LogP contribution in [0.3, 0.4) is 0 Å². The second-order valence-corrected chi connectivity index (χ2v) is 3.03. The van der Waals surface area contributed by atoms with Crippen molar-refractivity contribution in [3.05, 3.63) is 42.0 Å². The lowest BCUT2D eigenvalue weighted by molar-refractivity contribution is 0.0696. The van der Waals surface area contributed by atoms with Crippen LogP contribution in [0.4, 0.5) is 0 Å². The monoisotopic (exact) mass is 217 g/mol. The molecule has 0 saturated heterocycles. The Morgan fingerprint density at radius 1 is 1.44 bits per heavy atom. The molecule has 0 fully saturated rings. The summed E-state index contributed by atoms with van der Waals surface area (Å²) in [5.74, 6) is -1.09. The number of aldehydes is 1. The molecule has 0 amide bonds. The van der Waals surface area contributed by atoms with E-state index in [1.807, 2.05) is 0 Å². The van der Waals surface area contributed by atoms with Crippen LogP contribution in [-0.4, -0.2) is 32.1 Å². The molecule has 80 valence electrons. The number of aromatic nitrogens is 3. The van der Waals surface area contributed by atoms with Crippen molar-refractivity contribution in [3.8, 4) is 5.69 Å². The largest absolute Gasteiger partial charge is 0.478 e. The van der Waals surface area contributed by atoms with E-state index in [0.717, 1.165) is 0 Å². The Labute approximate surface area is 90.2 Å². The van der Waals surface area contributed by atoms with Gasteiger partial charge in [0.25, 0.3) is 0 Å². The summed E-state index contributed by atoms with van der Waals surface area (Å²) in [6, 6.07) is 1.52. The molecule has 0 aliphatic carbocycles. The Bertz CT molecular complexity index is 548. The standard InChI is InChI=1S/C10H7N3O3/c14-6-7-3-12-13(5-7)9-1-2-11-4-8(9)10(15)16/h1-6H,(H,15,16). The van der Waals surface area contributed by atoms with Crippen LogP contribution < -0.4 is 0 Å². The van der Waals surface area contributed by atoms with E-state index < -0.39 is 5.97 Å². The van der Waals surface area contributed by atoms with Crippen LogP contribution in [-0.2, 0) is 0 Å². The molecule has 0 spiro atoms. The van der Waals surface area contributed by atoms with E-state index in [9.17, 15) is 9.59 Å². The van der Waals surface area contributed by atoms with Gasteiger partial charge >= 0.3 is 5.97 Å². The Kier molecular flexibility index (Phi) is 2.47. The zero-order valence-electron chi connectivity index (χ0n) is 8.07. The summed E-state index contributed by atoms with van der Waals surface area (Å²) in [6.45, 7) is 0. The summed E-state index contributed by atoms with van der Waals surface area (Å²) in [4.78, 5) is 25.1. The number of nitrogens with zero attached hydrogens (tertiary/aromatic N) is 3. The Balaban J connectivity index is 2.54. The average molecular weight is 217 g/mol. The summed E-state index contributed by atoms with van der Waals surface area (Å²) in [5.41, 5.74) is 0.784. The molecular weight excluding hydrogens is 210 g/mol. The van der Waals surface area contributed by atoms with Gasteiger partial charge in [0, 0.05) is 18.6 Å². The molecule has 0 unspecified atom stereocenters. The third kappa shape index (κ3) is 1.68. The third-order valence-electron chi connectivity index (χ3n) is 2.01. The topological polar surface area (TPSA) is 85.1 Å². The normalized spacial score (nSPS) is 10.0. The molecule has 0 aliphatic heterocycles. The second kappa shape index (κ2) is 3.93. The molecule has 2 aromatic heterocycles. The molecule has 6 nitrogen and oxygen atoms in total. The highest BCUT2D eigenvalue weighted by Crippen LogP contribution is 2.12. The van der Waals surface area contributed by atoms with Crippen molar-refractivity contribution < 1.29 is 14.7 Å². The van der Waals surface area contributed by atoms with Crippen molar-refractivity contribution >= 4 is 12.3 Å². The summed E-state index contributed by atoms with van der Waals surface area (Å²) in [6.07, 6.45) is 6.16. The molecule has 2 heterocycles. The number of aromatic carboxylic acids is 1. The maximum atomic E-state index is 10.9. The molecule has 2 rings (SSSR count). The van der Waals surface area contributed by atoms with Gasteiger partial charge in [-0.25, -0.2) is 9.48 Å². The van der Waals surface area contributed by atoms with Crippen LogP contribution in [0.5, 0.6) is 0 Å². The first kappa shape index (κ1) is 10.0. The van der Waals surface area contributed by atoms with Gasteiger partial charge in [0.05, 0.1) is 17.4 Å². The fraction of sp³-hybridized carbons (Fsp3) is 0. The van der Waals surface area contributed by atoms with Gasteiger partial charge < -0.3 is 5.11 Å². The van der Waals surface area contributed by atoms with E-state index in [2.05, 4.69) is 10.1 Å². The SMILES string of the molecule is O=Cc1cnn(-c2ccncc2C(=O)O)c1. The highest BCUT2D eigenvalue weighted by Gasteiger charge is 2.12. The average Bonchev–Trinajstić information content (AvgIpc) is 2.77. The van der Waals surface area contributed by atoms with Gasteiger partial charge in [-0.15, -0.1) is 0 Å². The first-order valence-corrected chi connectivity index (χ1v) is 4.40. The van der Waals surface area contributed by atoms with Gasteiger partial charge in [-0.05, 0) is 6.07 Å². The van der Waals surface area contributed by atoms with Crippen molar-refractivity contribution in [1.29, 1.82) is 0 Å². The molecule has 0 saturated carbocycles. The minimum atomic E-state index is -1.09. The second-order valence-electron chi connectivity index (χ2n) is 3.03. The van der Waals surface area contributed by atoms with E-state index in [1.54, 1.807) is 0 Å². The van der Waals surface area contributed by atoms with Gasteiger partial charge in [-0.3, -0.25) is 9.78 Å². The lowest BCUT2D eigenvalue weighted by Gasteiger charge is -2.03. The van der Waals surface area contributed by atoms with Crippen molar-refractivity contribution in [2.45, 2.75) is 0 Å². The van der Waals surface area contributed by atoms with E-state index >= 15 is 0 Å². The minimum absolute atomic E-state index is 0.0306. The van der Waals surface area contributed by atoms with Crippen molar-refractivity contribution in [1.82, 2.24) is 14.8 Å². The van der Waals surface area contributed by atoms with E-state index in [0.29, 0.717) is 17.5 Å². The predicted molar refractivity (Wildman–Crippen MR) is 53.7 cm³/mol. The number of carbonyl (C=O) groups is 2. The minimum Gasteiger partial charge on any atom is -0.478 e. The number of hydrogen-bond acceptors (Lipinski definition) is 4. The molecular formula is C10H7N3O3. The van der Waals surface area contributed by atoms with Gasteiger partial charge in [0.2, 0.25) is 0 Å². The Morgan fingerprint density at radius 3 is 2.88 bits per heavy atom. The number of hydrogen-bond donors (Lipinski definition) is 1. The van der Waals surface area contributed by atoms with Gasteiger partial charge in [0.15, 0.2) is 6.29 Å². The lowest BCUT2D eigenvalue weighted by Crippen LogP contribution is -2.06. The van der Waals surface area contributed by atoms with Crippen LogP contribution in [0, 0.1) is 0 Å². The zero-order chi connectivity index (χ0) is 11.5. The summed E-state index contributed by atoms with van der Waals surface area (Å²) < 4.78 is 1.33. The third-order valence-corrected chi connectivity index (χ3v) is 2.01. The molecule has 0 atom stereocenters. The predicted octanol–water partition coefficient (Wildman–Crippen LogP) is 0.778. The first-order chi connectivity index (χ1) is 7.72. The maximum Gasteiger partial charge on any atom is 0.339 e. The number of carboxylic acids is 1. The van der Waals surface area contributed by atoms with Crippen LogP contribution in [0.25, 0.3) is 5.69 Å². The van der Waals surface area contributed by atoms with Gasteiger partial charge in [0.1, 0.15) is 5.56 Å². The summed E-state index contributed by atoms with van der Waals surface area (Å²) in [7, 11) is 0. The highest BCUT2D eigenvalue weighted by atomic mass is 16.4. The fourth-order valence-corrected chi connectivity index (χ4v) is 1.28. The van der Waals surface area contributed by atoms with Gasteiger partial charge in [-0.1, -0.05) is 0 Å². The Hall–Kier alpha value is -2.50. The summed E-state index contributed by atoms with van der Waals surface area (Å²) in [5, 5.41) is 12.8. The zero-order valence-corrected chi connectivity index (χ0v) is 8.07. The van der Waals surface area contributed by atoms with Crippen LogP contribution in [0.15, 0.2) is 30.9 Å². The lowest BCUT2D eigenvalue weighted by atomic mass is 10.2. The number of pyridine rings is 1. The molecule has 0 radical (unpaired) electrons.